The number of hydrogen-bond donors (Lipinski definition) is 0. The lowest BCUT2D eigenvalue weighted by atomic mass is 10.1. The first-order valence-corrected chi connectivity index (χ1v) is 5.87. The van der Waals surface area contributed by atoms with Crippen LogP contribution in [0.3, 0.4) is 0 Å². The van der Waals surface area contributed by atoms with E-state index in [9.17, 15) is 13.6 Å². The minimum Gasteiger partial charge on any atom is -0.296 e. The first-order valence-electron chi connectivity index (χ1n) is 5.87. The van der Waals surface area contributed by atoms with Crippen molar-refractivity contribution in [3.8, 4) is 0 Å². The molecule has 0 spiro atoms. The van der Waals surface area contributed by atoms with Crippen LogP contribution in [-0.2, 0) is 0 Å². The molecule has 0 amide bonds. The summed E-state index contributed by atoms with van der Waals surface area (Å²) in [5, 5.41) is 0. The van der Waals surface area contributed by atoms with Gasteiger partial charge in [0.1, 0.15) is 11.6 Å². The van der Waals surface area contributed by atoms with Gasteiger partial charge in [-0.25, -0.2) is 8.78 Å². The molecule has 1 fully saturated rings. The number of carbonyl (C=O) groups excluding carboxylic acids is 1. The molecule has 1 aromatic carbocycles. The van der Waals surface area contributed by atoms with Gasteiger partial charge in [-0.2, -0.15) is 0 Å². The van der Waals surface area contributed by atoms with Gasteiger partial charge in [0.25, 0.3) is 0 Å². The van der Waals surface area contributed by atoms with Crippen molar-refractivity contribution in [2.45, 2.75) is 19.3 Å². The maximum absolute atomic E-state index is 13.0. The van der Waals surface area contributed by atoms with Crippen LogP contribution in [0, 0.1) is 11.6 Å². The second kappa shape index (κ2) is 5.36. The van der Waals surface area contributed by atoms with Crippen molar-refractivity contribution in [2.75, 3.05) is 19.6 Å². The number of Topliss-reactive ketones (excluding diaryl/α,β-unsaturated/α-hetero) is 1. The molecule has 0 N–H and O–H groups in total. The SMILES string of the molecule is O=C(CN1CCCCC1)c1cc(F)cc(F)c1. The van der Waals surface area contributed by atoms with E-state index < -0.39 is 11.6 Å². The molecular weight excluding hydrogens is 224 g/mol. The fourth-order valence-electron chi connectivity index (χ4n) is 2.13. The summed E-state index contributed by atoms with van der Waals surface area (Å²) in [6.07, 6.45) is 3.37. The van der Waals surface area contributed by atoms with Gasteiger partial charge in [0.05, 0.1) is 6.54 Å². The van der Waals surface area contributed by atoms with Crippen molar-refractivity contribution in [1.29, 1.82) is 0 Å². The topological polar surface area (TPSA) is 20.3 Å². The van der Waals surface area contributed by atoms with Crippen LogP contribution in [-0.4, -0.2) is 30.3 Å². The lowest BCUT2D eigenvalue weighted by Gasteiger charge is -2.25. The summed E-state index contributed by atoms with van der Waals surface area (Å²) in [5.74, 6) is -1.62. The Bertz CT molecular complexity index is 394. The fraction of sp³-hybridized carbons (Fsp3) is 0.462. The number of halogens is 2. The Hall–Kier alpha value is -1.29. The predicted molar refractivity (Wildman–Crippen MR) is 61.0 cm³/mol. The van der Waals surface area contributed by atoms with E-state index in [1.54, 1.807) is 0 Å². The first kappa shape index (κ1) is 12.2. The molecular formula is C13H15F2NO. The fourth-order valence-corrected chi connectivity index (χ4v) is 2.13. The Morgan fingerprint density at radius 1 is 1.06 bits per heavy atom. The van der Waals surface area contributed by atoms with Gasteiger partial charge in [0.15, 0.2) is 5.78 Å². The molecule has 0 atom stereocenters. The standard InChI is InChI=1S/C13H15F2NO/c14-11-6-10(7-12(15)8-11)13(17)9-16-4-2-1-3-5-16/h6-8H,1-5,9H2. The molecule has 1 saturated heterocycles. The third kappa shape index (κ3) is 3.33. The number of hydrogen-bond acceptors (Lipinski definition) is 2. The van der Waals surface area contributed by atoms with Crippen LogP contribution in [0.5, 0.6) is 0 Å². The number of benzene rings is 1. The lowest BCUT2D eigenvalue weighted by Crippen LogP contribution is -2.34. The minimum atomic E-state index is -0.702. The van der Waals surface area contributed by atoms with Gasteiger partial charge in [-0.3, -0.25) is 9.69 Å². The van der Waals surface area contributed by atoms with Gasteiger partial charge in [-0.1, -0.05) is 6.42 Å². The number of rotatable bonds is 3. The van der Waals surface area contributed by atoms with Gasteiger partial charge in [0.2, 0.25) is 0 Å². The molecule has 92 valence electrons. The van der Waals surface area contributed by atoms with E-state index in [4.69, 9.17) is 0 Å². The van der Waals surface area contributed by atoms with E-state index in [1.807, 2.05) is 4.90 Å². The summed E-state index contributed by atoms with van der Waals surface area (Å²) in [5.41, 5.74) is 0.119. The second-order valence-corrected chi connectivity index (χ2v) is 4.42. The number of piperidine rings is 1. The molecule has 1 heterocycles. The van der Waals surface area contributed by atoms with Crippen molar-refractivity contribution in [2.24, 2.45) is 0 Å². The average Bonchev–Trinajstić information content (AvgIpc) is 2.29. The van der Waals surface area contributed by atoms with E-state index in [-0.39, 0.29) is 17.9 Å². The second-order valence-electron chi connectivity index (χ2n) is 4.42. The maximum atomic E-state index is 13.0. The zero-order valence-corrected chi connectivity index (χ0v) is 9.59. The Morgan fingerprint density at radius 3 is 2.24 bits per heavy atom. The molecule has 0 aromatic heterocycles. The maximum Gasteiger partial charge on any atom is 0.177 e. The zero-order valence-electron chi connectivity index (χ0n) is 9.59. The number of nitrogens with zero attached hydrogens (tertiary/aromatic N) is 1. The average molecular weight is 239 g/mol. The van der Waals surface area contributed by atoms with Crippen molar-refractivity contribution in [1.82, 2.24) is 4.90 Å². The molecule has 2 rings (SSSR count). The molecule has 1 aromatic rings. The van der Waals surface area contributed by atoms with Crippen LogP contribution < -0.4 is 0 Å². The van der Waals surface area contributed by atoms with E-state index in [0.717, 1.165) is 44.1 Å². The van der Waals surface area contributed by atoms with Gasteiger partial charge < -0.3 is 0 Å². The Morgan fingerprint density at radius 2 is 1.65 bits per heavy atom. The molecule has 4 heteroatoms. The highest BCUT2D eigenvalue weighted by atomic mass is 19.1. The van der Waals surface area contributed by atoms with Crippen molar-refractivity contribution in [3.05, 3.63) is 35.4 Å². The molecule has 1 aliphatic heterocycles. The van der Waals surface area contributed by atoms with Crippen molar-refractivity contribution >= 4 is 5.78 Å². The van der Waals surface area contributed by atoms with Crippen molar-refractivity contribution in [3.63, 3.8) is 0 Å². The van der Waals surface area contributed by atoms with Crippen LogP contribution in [0.1, 0.15) is 29.6 Å². The van der Waals surface area contributed by atoms with Crippen LogP contribution in [0.2, 0.25) is 0 Å². The lowest BCUT2D eigenvalue weighted by molar-refractivity contribution is 0.0915. The first-order chi connectivity index (χ1) is 8.15. The Kier molecular flexibility index (Phi) is 3.84. The third-order valence-electron chi connectivity index (χ3n) is 3.00. The van der Waals surface area contributed by atoms with E-state index in [0.29, 0.717) is 0 Å². The summed E-state index contributed by atoms with van der Waals surface area (Å²) in [7, 11) is 0. The molecule has 17 heavy (non-hydrogen) atoms. The van der Waals surface area contributed by atoms with Gasteiger partial charge >= 0.3 is 0 Å². The normalized spacial score (nSPS) is 17.1. The quantitative estimate of drug-likeness (QED) is 0.756. The molecule has 0 radical (unpaired) electrons. The Labute approximate surface area is 99.2 Å². The van der Waals surface area contributed by atoms with E-state index in [1.165, 1.54) is 6.42 Å². The highest BCUT2D eigenvalue weighted by molar-refractivity contribution is 5.97. The minimum absolute atomic E-state index is 0.119. The van der Waals surface area contributed by atoms with Crippen LogP contribution in [0.25, 0.3) is 0 Å². The highest BCUT2D eigenvalue weighted by Crippen LogP contribution is 2.12. The van der Waals surface area contributed by atoms with E-state index in [2.05, 4.69) is 0 Å². The van der Waals surface area contributed by atoms with Gasteiger partial charge in [-0.15, -0.1) is 0 Å². The molecule has 0 bridgehead atoms. The zero-order chi connectivity index (χ0) is 12.3. The molecule has 2 nitrogen and oxygen atoms in total. The van der Waals surface area contributed by atoms with Crippen LogP contribution in [0.15, 0.2) is 18.2 Å². The summed E-state index contributed by atoms with van der Waals surface area (Å²) in [6.45, 7) is 2.04. The largest absolute Gasteiger partial charge is 0.296 e. The van der Waals surface area contributed by atoms with Crippen LogP contribution >= 0.6 is 0 Å². The van der Waals surface area contributed by atoms with Crippen molar-refractivity contribution < 1.29 is 13.6 Å². The predicted octanol–water partition coefficient (Wildman–Crippen LogP) is 2.63. The molecule has 0 aliphatic carbocycles. The monoisotopic (exact) mass is 239 g/mol. The summed E-state index contributed by atoms with van der Waals surface area (Å²) < 4.78 is 25.9. The number of likely N-dealkylation sites (tertiary alicyclic amines) is 1. The number of carbonyl (C=O) groups is 1. The van der Waals surface area contributed by atoms with Gasteiger partial charge in [0, 0.05) is 11.6 Å². The smallest absolute Gasteiger partial charge is 0.177 e. The Balaban J connectivity index is 2.03. The molecule has 0 unspecified atom stereocenters. The third-order valence-corrected chi connectivity index (χ3v) is 3.00. The number of ketones is 1. The summed E-state index contributed by atoms with van der Waals surface area (Å²) in [6, 6.07) is 2.96. The highest BCUT2D eigenvalue weighted by Gasteiger charge is 2.16. The molecule has 0 saturated carbocycles. The van der Waals surface area contributed by atoms with Crippen LogP contribution in [0.4, 0.5) is 8.78 Å². The molecule has 1 aliphatic rings. The van der Waals surface area contributed by atoms with E-state index >= 15 is 0 Å². The summed E-state index contributed by atoms with van der Waals surface area (Å²) >= 11 is 0. The van der Waals surface area contributed by atoms with Gasteiger partial charge in [-0.05, 0) is 38.1 Å². The summed E-state index contributed by atoms with van der Waals surface area (Å²) in [4.78, 5) is 13.9.